The summed E-state index contributed by atoms with van der Waals surface area (Å²) >= 11 is 0. The van der Waals surface area contributed by atoms with Gasteiger partial charge in [-0.25, -0.2) is 0 Å². The van der Waals surface area contributed by atoms with E-state index in [0.717, 1.165) is 5.56 Å². The molecule has 0 heterocycles. The molecule has 0 saturated heterocycles. The standard InChI is InChI=1S/C17H16N2O3/c1-21-15-8-4-7-14(16(15)22-2)11-19-17(20)13-6-3-5-12(9-13)10-18/h3-9H,11H2,1-2H3,(H,19,20). The Morgan fingerprint density at radius 3 is 2.64 bits per heavy atom. The Morgan fingerprint density at radius 1 is 1.18 bits per heavy atom. The molecule has 0 aliphatic heterocycles. The summed E-state index contributed by atoms with van der Waals surface area (Å²) in [4.78, 5) is 12.1. The molecular weight excluding hydrogens is 280 g/mol. The number of carbonyl (C=O) groups excluding carboxylic acids is 1. The zero-order chi connectivity index (χ0) is 15.9. The molecule has 0 unspecified atom stereocenters. The smallest absolute Gasteiger partial charge is 0.251 e. The first-order valence-corrected chi connectivity index (χ1v) is 6.67. The van der Waals surface area contributed by atoms with Crippen molar-refractivity contribution in [1.82, 2.24) is 5.32 Å². The number of carbonyl (C=O) groups is 1. The van der Waals surface area contributed by atoms with Gasteiger partial charge in [0.25, 0.3) is 5.91 Å². The van der Waals surface area contributed by atoms with Gasteiger partial charge in [0.2, 0.25) is 0 Å². The maximum atomic E-state index is 12.1. The second kappa shape index (κ2) is 7.14. The van der Waals surface area contributed by atoms with Crippen LogP contribution in [0, 0.1) is 11.3 Å². The second-order valence-corrected chi connectivity index (χ2v) is 4.53. The quantitative estimate of drug-likeness (QED) is 0.920. The molecular formula is C17H16N2O3. The number of hydrogen-bond donors (Lipinski definition) is 1. The van der Waals surface area contributed by atoms with Crippen LogP contribution in [0.15, 0.2) is 42.5 Å². The molecule has 0 aromatic heterocycles. The minimum Gasteiger partial charge on any atom is -0.493 e. The molecule has 1 N–H and O–H groups in total. The molecule has 5 nitrogen and oxygen atoms in total. The molecule has 112 valence electrons. The molecule has 0 aliphatic carbocycles. The summed E-state index contributed by atoms with van der Waals surface area (Å²) in [5.74, 6) is 0.957. The summed E-state index contributed by atoms with van der Waals surface area (Å²) in [5, 5.41) is 11.7. The number of nitrogens with zero attached hydrogens (tertiary/aromatic N) is 1. The summed E-state index contributed by atoms with van der Waals surface area (Å²) < 4.78 is 10.5. The molecule has 0 atom stereocenters. The third-order valence-electron chi connectivity index (χ3n) is 3.18. The Morgan fingerprint density at radius 2 is 1.95 bits per heavy atom. The lowest BCUT2D eigenvalue weighted by Gasteiger charge is -2.13. The zero-order valence-corrected chi connectivity index (χ0v) is 12.4. The number of benzene rings is 2. The van der Waals surface area contributed by atoms with Crippen molar-refractivity contribution in [3.05, 3.63) is 59.2 Å². The van der Waals surface area contributed by atoms with E-state index in [4.69, 9.17) is 14.7 Å². The van der Waals surface area contributed by atoms with Gasteiger partial charge in [-0.05, 0) is 24.3 Å². The molecule has 2 rings (SSSR count). The topological polar surface area (TPSA) is 71.3 Å². The number of nitriles is 1. The monoisotopic (exact) mass is 296 g/mol. The highest BCUT2D eigenvalue weighted by Gasteiger charge is 2.11. The van der Waals surface area contributed by atoms with Crippen molar-refractivity contribution in [3.8, 4) is 17.6 Å². The highest BCUT2D eigenvalue weighted by atomic mass is 16.5. The van der Waals surface area contributed by atoms with Crippen LogP contribution in [0.3, 0.4) is 0 Å². The van der Waals surface area contributed by atoms with Gasteiger partial charge in [0, 0.05) is 17.7 Å². The number of amides is 1. The van der Waals surface area contributed by atoms with Gasteiger partial charge < -0.3 is 14.8 Å². The maximum absolute atomic E-state index is 12.1. The summed E-state index contributed by atoms with van der Waals surface area (Å²) in [6.45, 7) is 0.302. The fourth-order valence-corrected chi connectivity index (χ4v) is 2.10. The van der Waals surface area contributed by atoms with E-state index >= 15 is 0 Å². The van der Waals surface area contributed by atoms with E-state index in [-0.39, 0.29) is 5.91 Å². The Labute approximate surface area is 129 Å². The summed E-state index contributed by atoms with van der Waals surface area (Å²) in [5.41, 5.74) is 1.71. The van der Waals surface area contributed by atoms with Gasteiger partial charge in [-0.3, -0.25) is 4.79 Å². The molecule has 0 spiro atoms. The lowest BCUT2D eigenvalue weighted by Crippen LogP contribution is -2.23. The first-order valence-electron chi connectivity index (χ1n) is 6.67. The van der Waals surface area contributed by atoms with Crippen molar-refractivity contribution in [3.63, 3.8) is 0 Å². The van der Waals surface area contributed by atoms with Gasteiger partial charge in [0.15, 0.2) is 11.5 Å². The van der Waals surface area contributed by atoms with Crippen LogP contribution < -0.4 is 14.8 Å². The second-order valence-electron chi connectivity index (χ2n) is 4.53. The van der Waals surface area contributed by atoms with Crippen LogP contribution in [0.4, 0.5) is 0 Å². The molecule has 2 aromatic carbocycles. The minimum atomic E-state index is -0.248. The fraction of sp³-hybridized carbons (Fsp3) is 0.176. The van der Waals surface area contributed by atoms with Crippen LogP contribution in [0.5, 0.6) is 11.5 Å². The van der Waals surface area contributed by atoms with Crippen LogP contribution in [0.2, 0.25) is 0 Å². The summed E-state index contributed by atoms with van der Waals surface area (Å²) in [6, 6.07) is 14.0. The molecule has 0 fully saturated rings. The fourth-order valence-electron chi connectivity index (χ4n) is 2.10. The third-order valence-corrected chi connectivity index (χ3v) is 3.18. The Kier molecular flexibility index (Phi) is 4.99. The van der Waals surface area contributed by atoms with Gasteiger partial charge in [-0.1, -0.05) is 18.2 Å². The van der Waals surface area contributed by atoms with E-state index in [0.29, 0.717) is 29.2 Å². The largest absolute Gasteiger partial charge is 0.493 e. The minimum absolute atomic E-state index is 0.248. The van der Waals surface area contributed by atoms with Gasteiger partial charge >= 0.3 is 0 Å². The van der Waals surface area contributed by atoms with Gasteiger partial charge in [-0.15, -0.1) is 0 Å². The van der Waals surface area contributed by atoms with Crippen LogP contribution >= 0.6 is 0 Å². The van der Waals surface area contributed by atoms with Gasteiger partial charge in [0.05, 0.1) is 25.9 Å². The van der Waals surface area contributed by atoms with Crippen molar-refractivity contribution >= 4 is 5.91 Å². The van der Waals surface area contributed by atoms with Crippen molar-refractivity contribution in [2.75, 3.05) is 14.2 Å². The molecule has 0 bridgehead atoms. The average molecular weight is 296 g/mol. The van der Waals surface area contributed by atoms with Crippen LogP contribution in [-0.4, -0.2) is 20.1 Å². The van der Waals surface area contributed by atoms with Gasteiger partial charge in [-0.2, -0.15) is 5.26 Å². The van der Waals surface area contributed by atoms with Crippen molar-refractivity contribution in [1.29, 1.82) is 5.26 Å². The lowest BCUT2D eigenvalue weighted by molar-refractivity contribution is 0.0950. The number of nitrogens with one attached hydrogen (secondary N) is 1. The summed E-state index contributed by atoms with van der Waals surface area (Å²) in [6.07, 6.45) is 0. The number of para-hydroxylation sites is 1. The van der Waals surface area contributed by atoms with E-state index < -0.39 is 0 Å². The van der Waals surface area contributed by atoms with E-state index in [9.17, 15) is 4.79 Å². The first kappa shape index (κ1) is 15.4. The zero-order valence-electron chi connectivity index (χ0n) is 12.4. The first-order chi connectivity index (χ1) is 10.7. The molecule has 2 aromatic rings. The summed E-state index contributed by atoms with van der Waals surface area (Å²) in [7, 11) is 3.12. The average Bonchev–Trinajstić information content (AvgIpc) is 2.59. The lowest BCUT2D eigenvalue weighted by atomic mass is 10.1. The van der Waals surface area contributed by atoms with Crippen LogP contribution in [0.1, 0.15) is 21.5 Å². The van der Waals surface area contributed by atoms with E-state index in [1.165, 1.54) is 0 Å². The Bertz CT molecular complexity index is 720. The SMILES string of the molecule is COc1cccc(CNC(=O)c2cccc(C#N)c2)c1OC. The number of ether oxygens (including phenoxy) is 2. The predicted octanol–water partition coefficient (Wildman–Crippen LogP) is 2.51. The number of hydrogen-bond acceptors (Lipinski definition) is 4. The highest BCUT2D eigenvalue weighted by molar-refractivity contribution is 5.94. The molecule has 0 radical (unpaired) electrons. The van der Waals surface area contributed by atoms with Crippen molar-refractivity contribution in [2.24, 2.45) is 0 Å². The van der Waals surface area contributed by atoms with Gasteiger partial charge in [0.1, 0.15) is 0 Å². The van der Waals surface area contributed by atoms with E-state index in [1.807, 2.05) is 18.2 Å². The molecule has 0 saturated carbocycles. The molecule has 0 aliphatic rings. The number of rotatable bonds is 5. The van der Waals surface area contributed by atoms with Crippen LogP contribution in [-0.2, 0) is 6.54 Å². The molecule has 1 amide bonds. The molecule has 5 heteroatoms. The molecule has 22 heavy (non-hydrogen) atoms. The van der Waals surface area contributed by atoms with E-state index in [2.05, 4.69) is 5.32 Å². The normalized spacial score (nSPS) is 9.68. The third kappa shape index (κ3) is 3.36. The van der Waals surface area contributed by atoms with Crippen molar-refractivity contribution < 1.29 is 14.3 Å². The van der Waals surface area contributed by atoms with Crippen molar-refractivity contribution in [2.45, 2.75) is 6.54 Å². The van der Waals surface area contributed by atoms with Crippen LogP contribution in [0.25, 0.3) is 0 Å². The highest BCUT2D eigenvalue weighted by Crippen LogP contribution is 2.30. The maximum Gasteiger partial charge on any atom is 0.251 e. The number of methoxy groups -OCH3 is 2. The Hall–Kier alpha value is -3.00. The van der Waals surface area contributed by atoms with E-state index in [1.54, 1.807) is 44.6 Å². The Balaban J connectivity index is 2.13. The predicted molar refractivity (Wildman–Crippen MR) is 81.9 cm³/mol.